The van der Waals surface area contributed by atoms with Crippen LogP contribution >= 0.6 is 23.1 Å². The maximum atomic E-state index is 6.01. The first-order chi connectivity index (χ1) is 7.72. The van der Waals surface area contributed by atoms with Crippen molar-refractivity contribution in [1.82, 2.24) is 4.98 Å². The summed E-state index contributed by atoms with van der Waals surface area (Å²) in [6.07, 6.45) is 3.86. The highest BCUT2D eigenvalue weighted by Gasteiger charge is 2.30. The third kappa shape index (κ3) is 2.99. The molecule has 0 aromatic carbocycles. The number of thiazole rings is 1. The molecule has 1 fully saturated rings. The number of rotatable bonds is 6. The van der Waals surface area contributed by atoms with Gasteiger partial charge in [-0.2, -0.15) is 11.8 Å². The SMILES string of the molecule is CCCSCc1nc(C2CC2)c(C(C)N)s1. The summed E-state index contributed by atoms with van der Waals surface area (Å²) in [6, 6.07) is 0.151. The van der Waals surface area contributed by atoms with Crippen molar-refractivity contribution >= 4 is 23.1 Å². The van der Waals surface area contributed by atoms with Gasteiger partial charge in [-0.1, -0.05) is 6.92 Å². The van der Waals surface area contributed by atoms with Gasteiger partial charge in [0.1, 0.15) is 5.01 Å². The molecular formula is C12H20N2S2. The van der Waals surface area contributed by atoms with Crippen molar-refractivity contribution in [3.63, 3.8) is 0 Å². The van der Waals surface area contributed by atoms with Crippen molar-refractivity contribution < 1.29 is 0 Å². The highest BCUT2D eigenvalue weighted by Crippen LogP contribution is 2.44. The fourth-order valence-electron chi connectivity index (χ4n) is 1.73. The zero-order valence-corrected chi connectivity index (χ0v) is 11.7. The van der Waals surface area contributed by atoms with E-state index in [-0.39, 0.29) is 6.04 Å². The summed E-state index contributed by atoms with van der Waals surface area (Å²) in [7, 11) is 0. The summed E-state index contributed by atoms with van der Waals surface area (Å²) in [6.45, 7) is 4.29. The van der Waals surface area contributed by atoms with Gasteiger partial charge in [-0.3, -0.25) is 0 Å². The van der Waals surface area contributed by atoms with Gasteiger partial charge in [-0.05, 0) is 31.9 Å². The summed E-state index contributed by atoms with van der Waals surface area (Å²) in [4.78, 5) is 6.11. The van der Waals surface area contributed by atoms with Crippen molar-refractivity contribution in [2.24, 2.45) is 5.73 Å². The molecule has 1 unspecified atom stereocenters. The van der Waals surface area contributed by atoms with Crippen LogP contribution in [0, 0.1) is 0 Å². The van der Waals surface area contributed by atoms with Crippen LogP contribution in [0.2, 0.25) is 0 Å². The van der Waals surface area contributed by atoms with E-state index in [0.29, 0.717) is 0 Å². The van der Waals surface area contributed by atoms with Crippen LogP contribution in [-0.2, 0) is 5.75 Å². The van der Waals surface area contributed by atoms with E-state index in [1.54, 1.807) is 0 Å². The van der Waals surface area contributed by atoms with Crippen LogP contribution < -0.4 is 5.73 Å². The molecule has 1 saturated carbocycles. The highest BCUT2D eigenvalue weighted by molar-refractivity contribution is 7.98. The second kappa shape index (κ2) is 5.52. The van der Waals surface area contributed by atoms with Gasteiger partial charge in [0.15, 0.2) is 0 Å². The van der Waals surface area contributed by atoms with Crippen molar-refractivity contribution in [1.29, 1.82) is 0 Å². The van der Waals surface area contributed by atoms with E-state index >= 15 is 0 Å². The summed E-state index contributed by atoms with van der Waals surface area (Å²) in [5.74, 6) is 3.01. The minimum atomic E-state index is 0.151. The van der Waals surface area contributed by atoms with Crippen LogP contribution in [0.4, 0.5) is 0 Å². The van der Waals surface area contributed by atoms with Crippen LogP contribution in [0.1, 0.15) is 60.6 Å². The first-order valence-corrected chi connectivity index (χ1v) is 8.02. The Kier molecular flexibility index (Phi) is 4.27. The average molecular weight is 256 g/mol. The van der Waals surface area contributed by atoms with E-state index in [0.717, 1.165) is 11.7 Å². The number of hydrogen-bond donors (Lipinski definition) is 1. The molecule has 0 amide bonds. The lowest BCUT2D eigenvalue weighted by Crippen LogP contribution is -2.05. The van der Waals surface area contributed by atoms with Gasteiger partial charge in [0, 0.05) is 22.6 Å². The Morgan fingerprint density at radius 1 is 1.56 bits per heavy atom. The monoisotopic (exact) mass is 256 g/mol. The molecule has 2 rings (SSSR count). The smallest absolute Gasteiger partial charge is 0.103 e. The zero-order valence-electron chi connectivity index (χ0n) is 10.0. The number of nitrogens with two attached hydrogens (primary N) is 1. The average Bonchev–Trinajstić information content (AvgIpc) is 3.00. The first kappa shape index (κ1) is 12.4. The van der Waals surface area contributed by atoms with E-state index in [4.69, 9.17) is 10.7 Å². The van der Waals surface area contributed by atoms with Crippen LogP contribution in [0.3, 0.4) is 0 Å². The van der Waals surface area contributed by atoms with Gasteiger partial charge in [-0.15, -0.1) is 11.3 Å². The third-order valence-electron chi connectivity index (χ3n) is 2.68. The topological polar surface area (TPSA) is 38.9 Å². The van der Waals surface area contributed by atoms with E-state index in [2.05, 4.69) is 13.8 Å². The Hall–Kier alpha value is -0.0600. The first-order valence-electron chi connectivity index (χ1n) is 6.05. The molecule has 0 aliphatic heterocycles. The van der Waals surface area contributed by atoms with E-state index in [9.17, 15) is 0 Å². The van der Waals surface area contributed by atoms with Crippen molar-refractivity contribution in [3.8, 4) is 0 Å². The van der Waals surface area contributed by atoms with Crippen molar-refractivity contribution in [2.75, 3.05) is 5.75 Å². The van der Waals surface area contributed by atoms with Crippen molar-refractivity contribution in [2.45, 2.75) is 50.8 Å². The second-order valence-electron chi connectivity index (χ2n) is 4.47. The highest BCUT2D eigenvalue weighted by atomic mass is 32.2. The fourth-order valence-corrected chi connectivity index (χ4v) is 3.79. The van der Waals surface area contributed by atoms with Crippen LogP contribution in [0.5, 0.6) is 0 Å². The predicted octanol–water partition coefficient (Wildman–Crippen LogP) is 3.68. The molecular weight excluding hydrogens is 236 g/mol. The Bertz CT molecular complexity index is 323. The molecule has 1 heterocycles. The summed E-state index contributed by atoms with van der Waals surface area (Å²) >= 11 is 3.81. The largest absolute Gasteiger partial charge is 0.323 e. The molecule has 90 valence electrons. The zero-order chi connectivity index (χ0) is 11.5. The molecule has 0 saturated heterocycles. The molecule has 0 spiro atoms. The molecule has 2 N–H and O–H groups in total. The Balaban J connectivity index is 2.05. The molecule has 1 aliphatic rings. The lowest BCUT2D eigenvalue weighted by Gasteiger charge is -2.02. The molecule has 1 atom stereocenters. The van der Waals surface area contributed by atoms with Crippen LogP contribution in [0.15, 0.2) is 0 Å². The Morgan fingerprint density at radius 3 is 2.88 bits per heavy atom. The number of hydrogen-bond acceptors (Lipinski definition) is 4. The van der Waals surface area contributed by atoms with E-state index in [1.807, 2.05) is 23.1 Å². The van der Waals surface area contributed by atoms with Crippen molar-refractivity contribution in [3.05, 3.63) is 15.6 Å². The summed E-state index contributed by atoms with van der Waals surface area (Å²) in [5.41, 5.74) is 7.32. The Labute approximate surface area is 106 Å². The molecule has 0 bridgehead atoms. The lowest BCUT2D eigenvalue weighted by atomic mass is 10.2. The fraction of sp³-hybridized carbons (Fsp3) is 0.750. The second-order valence-corrected chi connectivity index (χ2v) is 6.69. The van der Waals surface area contributed by atoms with E-state index < -0.39 is 0 Å². The van der Waals surface area contributed by atoms with Crippen LogP contribution in [0.25, 0.3) is 0 Å². The van der Waals surface area contributed by atoms with Gasteiger partial charge in [0.2, 0.25) is 0 Å². The minimum absolute atomic E-state index is 0.151. The molecule has 4 heteroatoms. The van der Waals surface area contributed by atoms with Gasteiger partial charge in [0.05, 0.1) is 5.69 Å². The summed E-state index contributed by atoms with van der Waals surface area (Å²) in [5, 5.41) is 1.27. The van der Waals surface area contributed by atoms with Gasteiger partial charge in [0.25, 0.3) is 0 Å². The van der Waals surface area contributed by atoms with E-state index in [1.165, 1.54) is 40.6 Å². The molecule has 1 aliphatic carbocycles. The normalized spacial score (nSPS) is 17.7. The minimum Gasteiger partial charge on any atom is -0.323 e. The molecule has 16 heavy (non-hydrogen) atoms. The maximum absolute atomic E-state index is 6.01. The number of aromatic nitrogens is 1. The Morgan fingerprint density at radius 2 is 2.31 bits per heavy atom. The van der Waals surface area contributed by atoms with Crippen LogP contribution in [-0.4, -0.2) is 10.7 Å². The molecule has 1 aromatic rings. The number of nitrogens with zero attached hydrogens (tertiary/aromatic N) is 1. The quantitative estimate of drug-likeness (QED) is 0.789. The van der Waals surface area contributed by atoms with Gasteiger partial charge in [-0.25, -0.2) is 4.98 Å². The maximum Gasteiger partial charge on any atom is 0.103 e. The standard InChI is InChI=1S/C12H20N2S2/c1-3-6-15-7-10-14-11(9-4-5-9)12(16-10)8(2)13/h8-9H,3-7,13H2,1-2H3. The molecule has 1 aromatic heterocycles. The molecule has 2 nitrogen and oxygen atoms in total. The summed E-state index contributed by atoms with van der Waals surface area (Å²) < 4.78 is 0. The van der Waals surface area contributed by atoms with Gasteiger partial charge >= 0.3 is 0 Å². The number of thioether (sulfide) groups is 1. The predicted molar refractivity (Wildman–Crippen MR) is 73.1 cm³/mol. The van der Waals surface area contributed by atoms with Gasteiger partial charge < -0.3 is 5.73 Å². The lowest BCUT2D eigenvalue weighted by molar-refractivity contribution is 0.810. The third-order valence-corrected chi connectivity index (χ3v) is 5.31. The molecule has 0 radical (unpaired) electrons.